The van der Waals surface area contributed by atoms with Crippen LogP contribution < -0.4 is 0 Å². The molecular formula is C10H20O3S. The second-order valence-electron chi connectivity index (χ2n) is 3.75. The van der Waals surface area contributed by atoms with Crippen molar-refractivity contribution in [2.24, 2.45) is 11.8 Å². The lowest BCUT2D eigenvalue weighted by molar-refractivity contribution is 0.114. The summed E-state index contributed by atoms with van der Waals surface area (Å²) in [6, 6.07) is 0. The van der Waals surface area contributed by atoms with Gasteiger partial charge < -0.3 is 0 Å². The molecule has 0 saturated heterocycles. The Hall–Kier alpha value is -0.350. The molecule has 4 heteroatoms. The molecule has 14 heavy (non-hydrogen) atoms. The summed E-state index contributed by atoms with van der Waals surface area (Å²) in [4.78, 5) is 0. The van der Waals surface area contributed by atoms with E-state index >= 15 is 0 Å². The molecule has 0 bridgehead atoms. The molecule has 0 unspecified atom stereocenters. The minimum absolute atomic E-state index is 0.0414. The van der Waals surface area contributed by atoms with Crippen molar-refractivity contribution in [2.45, 2.75) is 33.3 Å². The van der Waals surface area contributed by atoms with Gasteiger partial charge >= 0.3 is 0 Å². The molecule has 0 rings (SSSR count). The molecule has 84 valence electrons. The lowest BCUT2D eigenvalue weighted by atomic mass is 9.92. The van der Waals surface area contributed by atoms with Crippen LogP contribution in [0.3, 0.4) is 0 Å². The maximum atomic E-state index is 11.0. The van der Waals surface area contributed by atoms with Crippen molar-refractivity contribution in [3.63, 3.8) is 0 Å². The van der Waals surface area contributed by atoms with Crippen molar-refractivity contribution in [2.75, 3.05) is 6.26 Å². The van der Waals surface area contributed by atoms with Gasteiger partial charge in [0.15, 0.2) is 0 Å². The largest absolute Gasteiger partial charge is 0.266 e. The van der Waals surface area contributed by atoms with Crippen LogP contribution in [0, 0.1) is 11.8 Å². The molecule has 0 aliphatic rings. The summed E-state index contributed by atoms with van der Waals surface area (Å²) in [6.45, 7) is 9.56. The van der Waals surface area contributed by atoms with E-state index in [2.05, 4.69) is 6.58 Å². The van der Waals surface area contributed by atoms with Crippen LogP contribution in [0.1, 0.15) is 27.2 Å². The highest BCUT2D eigenvalue weighted by Crippen LogP contribution is 2.21. The van der Waals surface area contributed by atoms with E-state index in [1.165, 1.54) is 0 Å². The van der Waals surface area contributed by atoms with E-state index in [-0.39, 0.29) is 17.9 Å². The SMILES string of the molecule is C=C[C@H](C)[C@@H](OS(C)(=O)=O)[C@@H](C)CC. The van der Waals surface area contributed by atoms with E-state index in [0.717, 1.165) is 12.7 Å². The molecule has 0 heterocycles. The van der Waals surface area contributed by atoms with Crippen molar-refractivity contribution >= 4 is 10.1 Å². The van der Waals surface area contributed by atoms with Gasteiger partial charge in [0, 0.05) is 5.92 Å². The third kappa shape index (κ3) is 4.77. The third-order valence-electron chi connectivity index (χ3n) is 2.38. The van der Waals surface area contributed by atoms with Gasteiger partial charge in [-0.1, -0.05) is 33.3 Å². The average Bonchev–Trinajstić information content (AvgIpc) is 2.10. The Balaban J connectivity index is 4.64. The van der Waals surface area contributed by atoms with Gasteiger partial charge in [0.1, 0.15) is 0 Å². The Labute approximate surface area is 87.3 Å². The quantitative estimate of drug-likeness (QED) is 0.509. The van der Waals surface area contributed by atoms with Gasteiger partial charge in [0.25, 0.3) is 10.1 Å². The van der Waals surface area contributed by atoms with E-state index in [1.807, 2.05) is 20.8 Å². The van der Waals surface area contributed by atoms with Crippen LogP contribution in [0.15, 0.2) is 12.7 Å². The van der Waals surface area contributed by atoms with Crippen LogP contribution in [0.25, 0.3) is 0 Å². The predicted molar refractivity (Wildman–Crippen MR) is 58.5 cm³/mol. The fourth-order valence-electron chi connectivity index (χ4n) is 1.27. The van der Waals surface area contributed by atoms with E-state index < -0.39 is 10.1 Å². The fourth-order valence-corrected chi connectivity index (χ4v) is 2.04. The van der Waals surface area contributed by atoms with Gasteiger partial charge in [-0.15, -0.1) is 6.58 Å². The van der Waals surface area contributed by atoms with E-state index in [1.54, 1.807) is 6.08 Å². The molecule has 0 radical (unpaired) electrons. The highest BCUT2D eigenvalue weighted by Gasteiger charge is 2.25. The summed E-state index contributed by atoms with van der Waals surface area (Å²) >= 11 is 0. The molecular weight excluding hydrogens is 200 g/mol. The average molecular weight is 220 g/mol. The summed E-state index contributed by atoms with van der Waals surface area (Å²) in [5.74, 6) is 0.248. The van der Waals surface area contributed by atoms with Crippen LogP contribution in [-0.4, -0.2) is 20.8 Å². The van der Waals surface area contributed by atoms with Crippen molar-refractivity contribution < 1.29 is 12.6 Å². The molecule has 0 aromatic heterocycles. The number of hydrogen-bond donors (Lipinski definition) is 0. The lowest BCUT2D eigenvalue weighted by Crippen LogP contribution is -2.30. The van der Waals surface area contributed by atoms with Gasteiger partial charge in [-0.05, 0) is 5.92 Å². The first kappa shape index (κ1) is 13.7. The monoisotopic (exact) mass is 220 g/mol. The molecule has 0 aliphatic heterocycles. The summed E-state index contributed by atoms with van der Waals surface area (Å²) in [7, 11) is -3.38. The Kier molecular flexibility index (Phi) is 5.37. The first-order chi connectivity index (χ1) is 6.31. The van der Waals surface area contributed by atoms with Crippen LogP contribution in [-0.2, 0) is 14.3 Å². The summed E-state index contributed by atoms with van der Waals surface area (Å²) in [5, 5.41) is 0. The fraction of sp³-hybridized carbons (Fsp3) is 0.800. The van der Waals surface area contributed by atoms with Gasteiger partial charge in [0.2, 0.25) is 0 Å². The minimum Gasteiger partial charge on any atom is -0.266 e. The van der Waals surface area contributed by atoms with E-state index in [4.69, 9.17) is 4.18 Å². The lowest BCUT2D eigenvalue weighted by Gasteiger charge is -2.25. The van der Waals surface area contributed by atoms with Crippen LogP contribution in [0.4, 0.5) is 0 Å². The zero-order chi connectivity index (χ0) is 11.4. The van der Waals surface area contributed by atoms with Crippen molar-refractivity contribution in [3.05, 3.63) is 12.7 Å². The Bertz CT molecular complexity index is 269. The molecule has 0 aromatic carbocycles. The van der Waals surface area contributed by atoms with Gasteiger partial charge in [-0.25, -0.2) is 0 Å². The van der Waals surface area contributed by atoms with Crippen LogP contribution in [0.5, 0.6) is 0 Å². The molecule has 0 N–H and O–H groups in total. The predicted octanol–water partition coefficient (Wildman–Crippen LogP) is 2.20. The Morgan fingerprint density at radius 3 is 2.21 bits per heavy atom. The Morgan fingerprint density at radius 2 is 1.93 bits per heavy atom. The summed E-state index contributed by atoms with van der Waals surface area (Å²) in [5.41, 5.74) is 0. The maximum Gasteiger partial charge on any atom is 0.264 e. The van der Waals surface area contributed by atoms with Crippen molar-refractivity contribution in [1.82, 2.24) is 0 Å². The third-order valence-corrected chi connectivity index (χ3v) is 2.95. The highest BCUT2D eigenvalue weighted by atomic mass is 32.2. The van der Waals surface area contributed by atoms with Gasteiger partial charge in [-0.2, -0.15) is 8.42 Å². The molecule has 3 nitrogen and oxygen atoms in total. The molecule has 0 saturated carbocycles. The standard InChI is InChI=1S/C10H20O3S/c1-6-8(3)10(9(4)7-2)13-14(5,11)12/h6,8-10H,1,7H2,2-5H3/t8-,9-,10+/m0/s1. The molecule has 0 fully saturated rings. The first-order valence-corrected chi connectivity index (χ1v) is 6.64. The normalized spacial score (nSPS) is 18.6. The van der Waals surface area contributed by atoms with Gasteiger partial charge in [-0.3, -0.25) is 4.18 Å². The van der Waals surface area contributed by atoms with Crippen LogP contribution >= 0.6 is 0 Å². The maximum absolute atomic E-state index is 11.0. The second kappa shape index (κ2) is 5.51. The van der Waals surface area contributed by atoms with E-state index in [9.17, 15) is 8.42 Å². The topological polar surface area (TPSA) is 43.4 Å². The zero-order valence-corrected chi connectivity index (χ0v) is 10.2. The first-order valence-electron chi connectivity index (χ1n) is 4.82. The summed E-state index contributed by atoms with van der Waals surface area (Å²) < 4.78 is 27.1. The molecule has 0 amide bonds. The van der Waals surface area contributed by atoms with Crippen LogP contribution in [0.2, 0.25) is 0 Å². The summed E-state index contributed by atoms with van der Waals surface area (Å²) in [6.07, 6.45) is 3.39. The zero-order valence-electron chi connectivity index (χ0n) is 9.36. The van der Waals surface area contributed by atoms with Gasteiger partial charge in [0.05, 0.1) is 12.4 Å². The van der Waals surface area contributed by atoms with Crippen molar-refractivity contribution in [3.8, 4) is 0 Å². The Morgan fingerprint density at radius 1 is 1.43 bits per heavy atom. The highest BCUT2D eigenvalue weighted by molar-refractivity contribution is 7.86. The molecule has 0 aliphatic carbocycles. The molecule has 0 aromatic rings. The minimum atomic E-state index is -3.38. The second-order valence-corrected chi connectivity index (χ2v) is 5.35. The number of hydrogen-bond acceptors (Lipinski definition) is 3. The molecule has 3 atom stereocenters. The van der Waals surface area contributed by atoms with E-state index in [0.29, 0.717) is 0 Å². The molecule has 0 spiro atoms. The number of rotatable bonds is 6. The van der Waals surface area contributed by atoms with Crippen molar-refractivity contribution in [1.29, 1.82) is 0 Å². The smallest absolute Gasteiger partial charge is 0.264 e.